The van der Waals surface area contributed by atoms with Crippen LogP contribution in [0.2, 0.25) is 0 Å². The Labute approximate surface area is 123 Å². The maximum atomic E-state index is 13.1. The maximum Gasteiger partial charge on any atom is 0.287 e. The van der Waals surface area contributed by atoms with Gasteiger partial charge in [0.2, 0.25) is 5.72 Å². The predicted octanol–water partition coefficient (Wildman–Crippen LogP) is 3.08. The number of hydrazone groups is 1. The fraction of sp³-hybridized carbons (Fsp3) is 0.286. The highest BCUT2D eigenvalue weighted by Crippen LogP contribution is 2.35. The molecule has 21 heavy (non-hydrogen) atoms. The van der Waals surface area contributed by atoms with Crippen molar-refractivity contribution in [2.24, 2.45) is 5.10 Å². The number of aliphatic hydroxyl groups is 1. The van der Waals surface area contributed by atoms with Gasteiger partial charge in [-0.15, -0.1) is 11.3 Å². The Kier molecular flexibility index (Phi) is 3.26. The predicted molar refractivity (Wildman–Crippen MR) is 76.7 cm³/mol. The largest absolute Gasteiger partial charge is 0.364 e. The highest BCUT2D eigenvalue weighted by Gasteiger charge is 2.51. The number of nitrogens with zero attached hydrogens (tertiary/aromatic N) is 2. The first kappa shape index (κ1) is 14.1. The molecule has 0 bridgehead atoms. The molecule has 1 aromatic carbocycles. The van der Waals surface area contributed by atoms with Gasteiger partial charge in [0.1, 0.15) is 0 Å². The Morgan fingerprint density at radius 1 is 1.48 bits per heavy atom. The van der Waals surface area contributed by atoms with Crippen LogP contribution in [0.4, 0.5) is 8.78 Å². The Balaban J connectivity index is 2.05. The SMILES string of the molecule is CC1=NN(C(=O)c2csc3ccccc23)C(O)(C(F)F)C1. The molecular formula is C14H12F2N2O2S. The molecule has 0 spiro atoms. The average molecular weight is 310 g/mol. The Morgan fingerprint density at radius 3 is 2.90 bits per heavy atom. The van der Waals surface area contributed by atoms with Crippen molar-refractivity contribution in [1.82, 2.24) is 5.01 Å². The highest BCUT2D eigenvalue weighted by molar-refractivity contribution is 7.17. The second kappa shape index (κ2) is 4.85. The number of hydrogen-bond acceptors (Lipinski definition) is 4. The number of halogens is 2. The number of benzene rings is 1. The second-order valence-electron chi connectivity index (χ2n) is 4.95. The molecule has 1 aliphatic heterocycles. The van der Waals surface area contributed by atoms with Crippen LogP contribution in [0.1, 0.15) is 23.7 Å². The van der Waals surface area contributed by atoms with Crippen LogP contribution in [0.25, 0.3) is 10.1 Å². The van der Waals surface area contributed by atoms with E-state index in [2.05, 4.69) is 5.10 Å². The second-order valence-corrected chi connectivity index (χ2v) is 5.87. The van der Waals surface area contributed by atoms with Gasteiger partial charge in [-0.3, -0.25) is 4.79 Å². The number of carbonyl (C=O) groups excluding carboxylic acids is 1. The number of thiophene rings is 1. The third kappa shape index (κ3) is 2.13. The lowest BCUT2D eigenvalue weighted by Crippen LogP contribution is -2.51. The van der Waals surface area contributed by atoms with Gasteiger partial charge in [-0.2, -0.15) is 10.1 Å². The summed E-state index contributed by atoms with van der Waals surface area (Å²) in [5.74, 6) is -0.716. The van der Waals surface area contributed by atoms with Crippen molar-refractivity contribution in [2.45, 2.75) is 25.5 Å². The molecule has 4 nitrogen and oxygen atoms in total. The third-order valence-electron chi connectivity index (χ3n) is 3.41. The van der Waals surface area contributed by atoms with E-state index >= 15 is 0 Å². The molecule has 0 saturated heterocycles. The summed E-state index contributed by atoms with van der Waals surface area (Å²) < 4.78 is 27.2. The molecule has 0 aliphatic carbocycles. The minimum atomic E-state index is -3.09. The summed E-state index contributed by atoms with van der Waals surface area (Å²) in [5, 5.41) is 16.7. The molecule has 0 fully saturated rings. The zero-order valence-corrected chi connectivity index (χ0v) is 11.9. The van der Waals surface area contributed by atoms with E-state index in [1.54, 1.807) is 17.5 Å². The first-order valence-electron chi connectivity index (χ1n) is 6.29. The maximum absolute atomic E-state index is 13.1. The molecule has 7 heteroatoms. The van der Waals surface area contributed by atoms with Gasteiger partial charge >= 0.3 is 0 Å². The van der Waals surface area contributed by atoms with Crippen LogP contribution in [-0.2, 0) is 0 Å². The van der Waals surface area contributed by atoms with Crippen LogP contribution in [0.15, 0.2) is 34.7 Å². The molecule has 1 N–H and O–H groups in total. The van der Waals surface area contributed by atoms with Gasteiger partial charge in [-0.25, -0.2) is 8.78 Å². The molecule has 3 rings (SSSR count). The quantitative estimate of drug-likeness (QED) is 0.927. The zero-order valence-electron chi connectivity index (χ0n) is 11.1. The summed E-state index contributed by atoms with van der Waals surface area (Å²) >= 11 is 1.35. The number of alkyl halides is 2. The van der Waals surface area contributed by atoms with Crippen LogP contribution >= 0.6 is 11.3 Å². The van der Waals surface area contributed by atoms with E-state index in [4.69, 9.17) is 0 Å². The lowest BCUT2D eigenvalue weighted by Gasteiger charge is -2.29. The number of fused-ring (bicyclic) bond motifs is 1. The van der Waals surface area contributed by atoms with Crippen molar-refractivity contribution in [1.29, 1.82) is 0 Å². The van der Waals surface area contributed by atoms with Crippen LogP contribution < -0.4 is 0 Å². The van der Waals surface area contributed by atoms with E-state index in [0.29, 0.717) is 16.1 Å². The topological polar surface area (TPSA) is 52.9 Å². The Hall–Kier alpha value is -1.86. The Morgan fingerprint density at radius 2 is 2.19 bits per heavy atom. The van der Waals surface area contributed by atoms with E-state index in [1.807, 2.05) is 12.1 Å². The van der Waals surface area contributed by atoms with E-state index in [0.717, 1.165) is 4.70 Å². The first-order valence-corrected chi connectivity index (χ1v) is 7.17. The van der Waals surface area contributed by atoms with Gasteiger partial charge in [-0.05, 0) is 13.0 Å². The number of carbonyl (C=O) groups is 1. The summed E-state index contributed by atoms with van der Waals surface area (Å²) in [5.41, 5.74) is -2.00. The van der Waals surface area contributed by atoms with Crippen molar-refractivity contribution in [3.8, 4) is 0 Å². The zero-order chi connectivity index (χ0) is 15.2. The summed E-state index contributed by atoms with van der Waals surface area (Å²) in [6.45, 7) is 1.51. The number of rotatable bonds is 2. The highest BCUT2D eigenvalue weighted by atomic mass is 32.1. The smallest absolute Gasteiger partial charge is 0.287 e. The van der Waals surface area contributed by atoms with Crippen LogP contribution in [0.3, 0.4) is 0 Å². The lowest BCUT2D eigenvalue weighted by atomic mass is 10.1. The van der Waals surface area contributed by atoms with E-state index in [9.17, 15) is 18.7 Å². The third-order valence-corrected chi connectivity index (χ3v) is 4.37. The van der Waals surface area contributed by atoms with Crippen molar-refractivity contribution in [3.05, 3.63) is 35.2 Å². The van der Waals surface area contributed by atoms with E-state index in [-0.39, 0.29) is 12.0 Å². The molecule has 1 amide bonds. The normalized spacial score (nSPS) is 22.1. The fourth-order valence-electron chi connectivity index (χ4n) is 2.39. The number of hydrogen-bond donors (Lipinski definition) is 1. The summed E-state index contributed by atoms with van der Waals surface area (Å²) in [7, 11) is 0. The van der Waals surface area contributed by atoms with Crippen molar-refractivity contribution < 1.29 is 18.7 Å². The van der Waals surface area contributed by atoms with Gasteiger partial charge < -0.3 is 5.11 Å². The van der Waals surface area contributed by atoms with Gasteiger partial charge in [-0.1, -0.05) is 18.2 Å². The summed E-state index contributed by atoms with van der Waals surface area (Å²) in [4.78, 5) is 12.5. The van der Waals surface area contributed by atoms with Crippen molar-refractivity contribution in [3.63, 3.8) is 0 Å². The van der Waals surface area contributed by atoms with Crippen LogP contribution in [0.5, 0.6) is 0 Å². The van der Waals surface area contributed by atoms with E-state index in [1.165, 1.54) is 18.3 Å². The molecule has 0 saturated carbocycles. The van der Waals surface area contributed by atoms with Gasteiger partial charge in [0, 0.05) is 27.6 Å². The number of amides is 1. The molecule has 110 valence electrons. The van der Waals surface area contributed by atoms with Crippen LogP contribution in [0, 0.1) is 0 Å². The summed E-state index contributed by atoms with van der Waals surface area (Å²) in [6, 6.07) is 7.19. The van der Waals surface area contributed by atoms with E-state index < -0.39 is 18.1 Å². The molecule has 2 aromatic rings. The standard InChI is InChI=1S/C14H12F2N2O2S/c1-8-6-14(20,13(15)16)18(17-8)12(19)10-7-21-11-5-3-2-4-9(10)11/h2-5,7,13,20H,6H2,1H3. The minimum Gasteiger partial charge on any atom is -0.364 e. The molecule has 1 aliphatic rings. The van der Waals surface area contributed by atoms with Gasteiger partial charge in [0.15, 0.2) is 0 Å². The molecule has 1 aromatic heterocycles. The molecule has 0 radical (unpaired) electrons. The monoisotopic (exact) mass is 310 g/mol. The molecule has 1 atom stereocenters. The molecular weight excluding hydrogens is 298 g/mol. The lowest BCUT2D eigenvalue weighted by molar-refractivity contribution is -0.164. The molecule has 1 unspecified atom stereocenters. The first-order chi connectivity index (χ1) is 9.93. The summed E-state index contributed by atoms with van der Waals surface area (Å²) in [6.07, 6.45) is -3.44. The average Bonchev–Trinajstić information content (AvgIpc) is 3.00. The van der Waals surface area contributed by atoms with Gasteiger partial charge in [0.05, 0.1) is 5.56 Å². The minimum absolute atomic E-state index is 0.271. The van der Waals surface area contributed by atoms with Crippen molar-refractivity contribution in [2.75, 3.05) is 0 Å². The van der Waals surface area contributed by atoms with Crippen LogP contribution in [-0.4, -0.2) is 33.9 Å². The molecule has 2 heterocycles. The van der Waals surface area contributed by atoms with Gasteiger partial charge in [0.25, 0.3) is 12.3 Å². The van der Waals surface area contributed by atoms with Crippen molar-refractivity contribution >= 4 is 33.0 Å². The fourth-order valence-corrected chi connectivity index (χ4v) is 3.33. The Bertz CT molecular complexity index is 743.